The number of amides is 1. The molecule has 0 heterocycles. The highest BCUT2D eigenvalue weighted by atomic mass is 16.3. The van der Waals surface area contributed by atoms with Crippen molar-refractivity contribution < 1.29 is 9.90 Å². The lowest BCUT2D eigenvalue weighted by Gasteiger charge is -2.15. The van der Waals surface area contributed by atoms with Crippen LogP contribution >= 0.6 is 0 Å². The van der Waals surface area contributed by atoms with Crippen molar-refractivity contribution in [1.29, 1.82) is 0 Å². The van der Waals surface area contributed by atoms with Gasteiger partial charge in [0.1, 0.15) is 0 Å². The monoisotopic (exact) mass is 247 g/mol. The first-order valence-electron chi connectivity index (χ1n) is 6.69. The summed E-state index contributed by atoms with van der Waals surface area (Å²) in [5.74, 6) is 0.258. The quantitative estimate of drug-likeness (QED) is 0.858. The summed E-state index contributed by atoms with van der Waals surface area (Å²) >= 11 is 0. The molecule has 0 saturated heterocycles. The predicted octanol–water partition coefficient (Wildman–Crippen LogP) is 2.33. The zero-order valence-corrected chi connectivity index (χ0v) is 10.9. The number of aryl methyl sites for hydroxylation is 1. The fourth-order valence-corrected chi connectivity index (χ4v) is 2.44. The SMILES string of the molecule is Cc1ccc([C@H](O)CNC(=O)C2CCCC2)cc1. The molecule has 1 aromatic carbocycles. The molecule has 0 aromatic heterocycles. The maximum Gasteiger partial charge on any atom is 0.223 e. The summed E-state index contributed by atoms with van der Waals surface area (Å²) in [4.78, 5) is 11.8. The lowest BCUT2D eigenvalue weighted by atomic mass is 10.1. The number of nitrogens with one attached hydrogen (secondary N) is 1. The number of rotatable bonds is 4. The third kappa shape index (κ3) is 3.33. The molecule has 18 heavy (non-hydrogen) atoms. The van der Waals surface area contributed by atoms with Gasteiger partial charge in [-0.15, -0.1) is 0 Å². The van der Waals surface area contributed by atoms with Crippen molar-refractivity contribution in [2.24, 2.45) is 5.92 Å². The third-order valence-corrected chi connectivity index (χ3v) is 3.66. The van der Waals surface area contributed by atoms with E-state index in [0.717, 1.165) is 31.2 Å². The van der Waals surface area contributed by atoms with Crippen LogP contribution in [0.25, 0.3) is 0 Å². The summed E-state index contributed by atoms with van der Waals surface area (Å²) < 4.78 is 0. The van der Waals surface area contributed by atoms with Gasteiger partial charge in [0.15, 0.2) is 0 Å². The molecule has 2 rings (SSSR count). The maximum atomic E-state index is 11.8. The first-order valence-corrected chi connectivity index (χ1v) is 6.69. The summed E-state index contributed by atoms with van der Waals surface area (Å²) in [5.41, 5.74) is 2.02. The van der Waals surface area contributed by atoms with E-state index in [4.69, 9.17) is 0 Å². The number of carbonyl (C=O) groups excluding carboxylic acids is 1. The minimum absolute atomic E-state index is 0.0960. The van der Waals surface area contributed by atoms with Crippen LogP contribution in [0.4, 0.5) is 0 Å². The minimum Gasteiger partial charge on any atom is -0.387 e. The van der Waals surface area contributed by atoms with Crippen molar-refractivity contribution >= 4 is 5.91 Å². The van der Waals surface area contributed by atoms with Gasteiger partial charge in [-0.2, -0.15) is 0 Å². The molecule has 1 aliphatic carbocycles. The van der Waals surface area contributed by atoms with Gasteiger partial charge in [0.05, 0.1) is 6.10 Å². The maximum absolute atomic E-state index is 11.8. The number of hydrogen-bond donors (Lipinski definition) is 2. The second-order valence-electron chi connectivity index (χ2n) is 5.15. The molecule has 1 saturated carbocycles. The van der Waals surface area contributed by atoms with Crippen molar-refractivity contribution in [3.63, 3.8) is 0 Å². The molecular formula is C15H21NO2. The van der Waals surface area contributed by atoms with E-state index in [1.54, 1.807) is 0 Å². The Kier molecular flexibility index (Phi) is 4.37. The first-order chi connectivity index (χ1) is 8.66. The van der Waals surface area contributed by atoms with E-state index < -0.39 is 6.10 Å². The highest BCUT2D eigenvalue weighted by Gasteiger charge is 2.22. The van der Waals surface area contributed by atoms with Gasteiger partial charge in [-0.25, -0.2) is 0 Å². The molecule has 1 amide bonds. The molecule has 98 valence electrons. The standard InChI is InChI=1S/C15H21NO2/c1-11-6-8-12(9-7-11)14(17)10-16-15(18)13-4-2-3-5-13/h6-9,13-14,17H,2-5,10H2,1H3,(H,16,18)/t14-/m1/s1. The highest BCUT2D eigenvalue weighted by Crippen LogP contribution is 2.24. The fourth-order valence-electron chi connectivity index (χ4n) is 2.44. The average molecular weight is 247 g/mol. The first kappa shape index (κ1) is 13.1. The summed E-state index contributed by atoms with van der Waals surface area (Å²) in [7, 11) is 0. The molecule has 3 nitrogen and oxygen atoms in total. The van der Waals surface area contributed by atoms with Crippen LogP contribution in [0.2, 0.25) is 0 Å². The predicted molar refractivity (Wildman–Crippen MR) is 71.1 cm³/mol. The van der Waals surface area contributed by atoms with Gasteiger partial charge >= 0.3 is 0 Å². The Bertz CT molecular complexity index is 393. The molecule has 1 fully saturated rings. The van der Waals surface area contributed by atoms with E-state index in [-0.39, 0.29) is 11.8 Å². The molecule has 1 atom stereocenters. The average Bonchev–Trinajstić information content (AvgIpc) is 2.90. The Balaban J connectivity index is 1.82. The van der Waals surface area contributed by atoms with Gasteiger partial charge in [-0.3, -0.25) is 4.79 Å². The van der Waals surface area contributed by atoms with Gasteiger partial charge in [-0.1, -0.05) is 42.7 Å². The van der Waals surface area contributed by atoms with Crippen molar-refractivity contribution in [3.05, 3.63) is 35.4 Å². The van der Waals surface area contributed by atoms with E-state index in [2.05, 4.69) is 5.32 Å². The summed E-state index contributed by atoms with van der Waals surface area (Å²) in [6, 6.07) is 7.75. The van der Waals surface area contributed by atoms with E-state index in [1.165, 1.54) is 5.56 Å². The normalized spacial score (nSPS) is 17.7. The van der Waals surface area contributed by atoms with Crippen LogP contribution in [0, 0.1) is 12.8 Å². The van der Waals surface area contributed by atoms with E-state index in [1.807, 2.05) is 31.2 Å². The Labute approximate surface area is 108 Å². The second-order valence-corrected chi connectivity index (χ2v) is 5.15. The van der Waals surface area contributed by atoms with Crippen LogP contribution in [0.15, 0.2) is 24.3 Å². The van der Waals surface area contributed by atoms with Crippen LogP contribution in [0.3, 0.4) is 0 Å². The fraction of sp³-hybridized carbons (Fsp3) is 0.533. The number of benzene rings is 1. The molecule has 0 unspecified atom stereocenters. The molecule has 0 radical (unpaired) electrons. The van der Waals surface area contributed by atoms with Crippen LogP contribution in [0.5, 0.6) is 0 Å². The Morgan fingerprint density at radius 2 is 1.94 bits per heavy atom. The van der Waals surface area contributed by atoms with Crippen molar-refractivity contribution in [3.8, 4) is 0 Å². The van der Waals surface area contributed by atoms with Gasteiger partial charge in [0, 0.05) is 12.5 Å². The van der Waals surface area contributed by atoms with Crippen LogP contribution in [-0.4, -0.2) is 17.6 Å². The van der Waals surface area contributed by atoms with Gasteiger partial charge < -0.3 is 10.4 Å². The molecule has 0 spiro atoms. The van der Waals surface area contributed by atoms with Crippen molar-refractivity contribution in [2.45, 2.75) is 38.7 Å². The van der Waals surface area contributed by atoms with Crippen molar-refractivity contribution in [2.75, 3.05) is 6.54 Å². The molecular weight excluding hydrogens is 226 g/mol. The second kappa shape index (κ2) is 6.01. The Hall–Kier alpha value is -1.35. The van der Waals surface area contributed by atoms with E-state index in [0.29, 0.717) is 6.54 Å². The van der Waals surface area contributed by atoms with Crippen LogP contribution in [0.1, 0.15) is 42.9 Å². The molecule has 1 aliphatic rings. The number of aliphatic hydroxyl groups excluding tert-OH is 1. The molecule has 0 bridgehead atoms. The van der Waals surface area contributed by atoms with Crippen LogP contribution in [-0.2, 0) is 4.79 Å². The smallest absolute Gasteiger partial charge is 0.223 e. The zero-order valence-electron chi connectivity index (χ0n) is 10.9. The van der Waals surface area contributed by atoms with E-state index in [9.17, 15) is 9.90 Å². The Morgan fingerprint density at radius 1 is 1.33 bits per heavy atom. The lowest BCUT2D eigenvalue weighted by molar-refractivity contribution is -0.125. The lowest BCUT2D eigenvalue weighted by Crippen LogP contribution is -2.32. The number of carbonyl (C=O) groups is 1. The van der Waals surface area contributed by atoms with E-state index >= 15 is 0 Å². The third-order valence-electron chi connectivity index (χ3n) is 3.66. The van der Waals surface area contributed by atoms with Crippen LogP contribution < -0.4 is 5.32 Å². The highest BCUT2D eigenvalue weighted by molar-refractivity contribution is 5.78. The number of aliphatic hydroxyl groups is 1. The summed E-state index contributed by atoms with van der Waals surface area (Å²) in [5, 5.41) is 12.8. The summed E-state index contributed by atoms with van der Waals surface area (Å²) in [6.07, 6.45) is 3.67. The Morgan fingerprint density at radius 3 is 2.56 bits per heavy atom. The van der Waals surface area contributed by atoms with Crippen molar-refractivity contribution in [1.82, 2.24) is 5.32 Å². The summed E-state index contributed by atoms with van der Waals surface area (Å²) in [6.45, 7) is 2.32. The zero-order chi connectivity index (χ0) is 13.0. The molecule has 1 aromatic rings. The van der Waals surface area contributed by atoms with Gasteiger partial charge in [0.25, 0.3) is 0 Å². The molecule has 2 N–H and O–H groups in total. The molecule has 3 heteroatoms. The van der Waals surface area contributed by atoms with Gasteiger partial charge in [-0.05, 0) is 25.3 Å². The minimum atomic E-state index is -0.615. The molecule has 0 aliphatic heterocycles. The van der Waals surface area contributed by atoms with Gasteiger partial charge in [0.2, 0.25) is 5.91 Å². The topological polar surface area (TPSA) is 49.3 Å². The largest absolute Gasteiger partial charge is 0.387 e. The number of hydrogen-bond acceptors (Lipinski definition) is 2.